The highest BCUT2D eigenvalue weighted by molar-refractivity contribution is 7.90. The highest BCUT2D eigenvalue weighted by atomic mass is 32.2. The predicted molar refractivity (Wildman–Crippen MR) is 109 cm³/mol. The molecule has 1 fully saturated rings. The lowest BCUT2D eigenvalue weighted by Gasteiger charge is -2.33. The first-order valence-electron chi connectivity index (χ1n) is 9.57. The summed E-state index contributed by atoms with van der Waals surface area (Å²) >= 11 is 0. The Morgan fingerprint density at radius 3 is 2.86 bits per heavy atom. The third kappa shape index (κ3) is 3.54. The van der Waals surface area contributed by atoms with Crippen molar-refractivity contribution in [2.75, 3.05) is 18.4 Å². The van der Waals surface area contributed by atoms with Crippen LogP contribution >= 0.6 is 0 Å². The second kappa shape index (κ2) is 7.39. The Bertz CT molecular complexity index is 1050. The predicted octanol–water partition coefficient (Wildman–Crippen LogP) is 3.05. The minimum absolute atomic E-state index is 0.0345. The number of likely N-dealkylation sites (tertiary alicyclic amines) is 1. The van der Waals surface area contributed by atoms with E-state index in [9.17, 15) is 13.2 Å². The van der Waals surface area contributed by atoms with Crippen LogP contribution in [-0.4, -0.2) is 38.2 Å². The summed E-state index contributed by atoms with van der Waals surface area (Å²) < 4.78 is 28.7. The van der Waals surface area contributed by atoms with Gasteiger partial charge in [0, 0.05) is 24.3 Å². The van der Waals surface area contributed by atoms with E-state index < -0.39 is 10.0 Å². The van der Waals surface area contributed by atoms with Crippen molar-refractivity contribution in [1.29, 1.82) is 0 Å². The maximum Gasteiger partial charge on any atom is 0.285 e. The van der Waals surface area contributed by atoms with Gasteiger partial charge in [-0.1, -0.05) is 31.2 Å². The van der Waals surface area contributed by atoms with Crippen LogP contribution in [0.25, 0.3) is 0 Å². The van der Waals surface area contributed by atoms with Crippen LogP contribution in [-0.2, 0) is 21.2 Å². The Labute approximate surface area is 165 Å². The molecule has 4 rings (SSSR count). The number of carbonyl (C=O) groups excluding carboxylic acids is 1. The Kier molecular flexibility index (Phi) is 4.93. The van der Waals surface area contributed by atoms with Gasteiger partial charge >= 0.3 is 0 Å². The van der Waals surface area contributed by atoms with Crippen molar-refractivity contribution in [3.63, 3.8) is 0 Å². The number of amidine groups is 1. The van der Waals surface area contributed by atoms with E-state index in [0.717, 1.165) is 24.9 Å². The van der Waals surface area contributed by atoms with Gasteiger partial charge in [-0.2, -0.15) is 8.42 Å². The van der Waals surface area contributed by atoms with Crippen molar-refractivity contribution in [2.45, 2.75) is 31.1 Å². The molecular formula is C21H23N3O3S. The smallest absolute Gasteiger partial charge is 0.285 e. The fraction of sp³-hybridized carbons (Fsp3) is 0.333. The molecule has 0 spiro atoms. The molecule has 7 heteroatoms. The molecule has 28 heavy (non-hydrogen) atoms. The zero-order valence-corrected chi connectivity index (χ0v) is 16.6. The zero-order chi connectivity index (χ0) is 19.7. The summed E-state index contributed by atoms with van der Waals surface area (Å²) in [5.41, 5.74) is 2.59. The molecule has 1 atom stereocenters. The lowest BCUT2D eigenvalue weighted by Crippen LogP contribution is -2.43. The van der Waals surface area contributed by atoms with E-state index in [-0.39, 0.29) is 16.7 Å². The van der Waals surface area contributed by atoms with Crippen LogP contribution in [0.1, 0.15) is 30.9 Å². The van der Waals surface area contributed by atoms with Crippen LogP contribution in [0.3, 0.4) is 0 Å². The van der Waals surface area contributed by atoms with E-state index in [0.29, 0.717) is 24.5 Å². The molecule has 0 bridgehead atoms. The molecule has 1 unspecified atom stereocenters. The fourth-order valence-corrected chi connectivity index (χ4v) is 5.04. The number of anilines is 1. The second-order valence-electron chi connectivity index (χ2n) is 7.21. The van der Waals surface area contributed by atoms with Gasteiger partial charge in [-0.05, 0) is 49.1 Å². The summed E-state index contributed by atoms with van der Waals surface area (Å²) in [5, 5.41) is 3.01. The van der Waals surface area contributed by atoms with Crippen molar-refractivity contribution >= 4 is 27.5 Å². The van der Waals surface area contributed by atoms with E-state index in [4.69, 9.17) is 0 Å². The molecule has 0 aromatic heterocycles. The fourth-order valence-electron chi connectivity index (χ4n) is 3.81. The average Bonchev–Trinajstić information content (AvgIpc) is 2.99. The number of aryl methyl sites for hydroxylation is 1. The van der Waals surface area contributed by atoms with E-state index in [1.54, 1.807) is 18.2 Å². The molecule has 0 radical (unpaired) electrons. The third-order valence-electron chi connectivity index (χ3n) is 5.31. The SMILES string of the molecule is CCc1cccc(NC(=O)C2CCCN(C3=NS(=O)(=O)c4ccccc43)C2)c1. The molecule has 2 heterocycles. The molecular weight excluding hydrogens is 374 g/mol. The van der Waals surface area contributed by atoms with Gasteiger partial charge in [0.1, 0.15) is 4.90 Å². The van der Waals surface area contributed by atoms with Crippen molar-refractivity contribution in [2.24, 2.45) is 10.3 Å². The van der Waals surface area contributed by atoms with Gasteiger partial charge in [0.05, 0.1) is 5.92 Å². The van der Waals surface area contributed by atoms with Crippen molar-refractivity contribution in [1.82, 2.24) is 4.90 Å². The lowest BCUT2D eigenvalue weighted by atomic mass is 9.96. The maximum atomic E-state index is 12.8. The summed E-state index contributed by atoms with van der Waals surface area (Å²) in [6, 6.07) is 14.7. The number of sulfonamides is 1. The number of nitrogens with one attached hydrogen (secondary N) is 1. The molecule has 1 N–H and O–H groups in total. The summed E-state index contributed by atoms with van der Waals surface area (Å²) in [6.45, 7) is 3.23. The molecule has 2 aromatic rings. The number of hydrogen-bond donors (Lipinski definition) is 1. The van der Waals surface area contributed by atoms with Crippen LogP contribution in [0.4, 0.5) is 5.69 Å². The minimum Gasteiger partial charge on any atom is -0.355 e. The van der Waals surface area contributed by atoms with E-state index in [1.807, 2.05) is 35.2 Å². The number of amides is 1. The third-order valence-corrected chi connectivity index (χ3v) is 6.63. The largest absolute Gasteiger partial charge is 0.355 e. The van der Waals surface area contributed by atoms with Crippen LogP contribution in [0.2, 0.25) is 0 Å². The summed E-state index contributed by atoms with van der Waals surface area (Å²) in [5.74, 6) is 0.214. The minimum atomic E-state index is -3.65. The Balaban J connectivity index is 1.51. The van der Waals surface area contributed by atoms with Crippen molar-refractivity contribution in [3.8, 4) is 0 Å². The standard InChI is InChI=1S/C21H23N3O3S/c1-2-15-7-5-9-17(13-15)22-21(25)16-8-6-12-24(14-16)20-18-10-3-4-11-19(18)28(26,27)23-20/h3-5,7,9-11,13,16H,2,6,8,12,14H2,1H3,(H,22,25). The van der Waals surface area contributed by atoms with E-state index >= 15 is 0 Å². The molecule has 2 aliphatic heterocycles. The van der Waals surface area contributed by atoms with Gasteiger partial charge < -0.3 is 10.2 Å². The first-order chi connectivity index (χ1) is 13.5. The maximum absolute atomic E-state index is 12.8. The lowest BCUT2D eigenvalue weighted by molar-refractivity contribution is -0.121. The number of piperidine rings is 1. The van der Waals surface area contributed by atoms with E-state index in [2.05, 4.69) is 16.6 Å². The molecule has 2 aromatic carbocycles. The number of fused-ring (bicyclic) bond motifs is 1. The first-order valence-corrected chi connectivity index (χ1v) is 11.0. The van der Waals surface area contributed by atoms with Gasteiger partial charge in [0.25, 0.3) is 10.0 Å². The average molecular weight is 398 g/mol. The first kappa shape index (κ1) is 18.7. The number of rotatable bonds is 3. The van der Waals surface area contributed by atoms with Gasteiger partial charge in [-0.15, -0.1) is 4.40 Å². The van der Waals surface area contributed by atoms with Crippen LogP contribution in [0, 0.1) is 5.92 Å². The Morgan fingerprint density at radius 1 is 1.21 bits per heavy atom. The highest BCUT2D eigenvalue weighted by Crippen LogP contribution is 2.30. The molecule has 2 aliphatic rings. The summed E-state index contributed by atoms with van der Waals surface area (Å²) in [7, 11) is -3.65. The Morgan fingerprint density at radius 2 is 2.04 bits per heavy atom. The number of hydrogen-bond acceptors (Lipinski definition) is 4. The van der Waals surface area contributed by atoms with E-state index in [1.165, 1.54) is 5.56 Å². The summed E-state index contributed by atoms with van der Waals surface area (Å²) in [4.78, 5) is 15.0. The van der Waals surface area contributed by atoms with Crippen molar-refractivity contribution < 1.29 is 13.2 Å². The quantitative estimate of drug-likeness (QED) is 0.863. The van der Waals surface area contributed by atoms with Crippen LogP contribution in [0.15, 0.2) is 57.8 Å². The number of benzene rings is 2. The van der Waals surface area contributed by atoms with Gasteiger partial charge in [-0.25, -0.2) is 0 Å². The van der Waals surface area contributed by atoms with Gasteiger partial charge in [0.2, 0.25) is 5.91 Å². The Hall–Kier alpha value is -2.67. The summed E-state index contributed by atoms with van der Waals surface area (Å²) in [6.07, 6.45) is 2.50. The van der Waals surface area contributed by atoms with Crippen LogP contribution in [0.5, 0.6) is 0 Å². The molecule has 6 nitrogen and oxygen atoms in total. The molecule has 0 saturated carbocycles. The molecule has 146 valence electrons. The molecule has 1 amide bonds. The molecule has 1 saturated heterocycles. The topological polar surface area (TPSA) is 78.8 Å². The highest BCUT2D eigenvalue weighted by Gasteiger charge is 2.35. The molecule has 0 aliphatic carbocycles. The van der Waals surface area contributed by atoms with Gasteiger partial charge in [0.15, 0.2) is 5.84 Å². The normalized spacial score (nSPS) is 20.4. The van der Waals surface area contributed by atoms with Crippen LogP contribution < -0.4 is 5.32 Å². The van der Waals surface area contributed by atoms with Gasteiger partial charge in [-0.3, -0.25) is 4.79 Å². The van der Waals surface area contributed by atoms with Crippen molar-refractivity contribution in [3.05, 3.63) is 59.7 Å². The number of carbonyl (C=O) groups is 1. The monoisotopic (exact) mass is 397 g/mol. The zero-order valence-electron chi connectivity index (χ0n) is 15.8. The second-order valence-corrected chi connectivity index (χ2v) is 8.79. The number of nitrogens with zero attached hydrogens (tertiary/aromatic N) is 2.